The average Bonchev–Trinajstić information content (AvgIpc) is 3.20. The predicted molar refractivity (Wildman–Crippen MR) is 198 cm³/mol. The Morgan fingerprint density at radius 2 is 0.783 bits per heavy atom. The molecule has 2 fully saturated rings. The van der Waals surface area contributed by atoms with E-state index in [4.69, 9.17) is 18.3 Å². The standard InChI is InChI=1S/C38H34O22/c39-5-15-25(47)31(53)33(55)37(59-15)21-27(49)17(35-19(29(21)51)23(45)7-1-9(41)11(43)3-13(7)57-35)18-28(50)22(38-34(56)32(54)26(48)16(6-40)60-38)30(52)20-24(46)8-2-10(42)12(44)4-14(8)58-36(18)20/h1-4,15-16,25-26,31-34,37-44,47-56H,5-6H2/t15?,16?,25-,26?,31?,32?,33+,34?,37+,38?/m1/s1. The lowest BCUT2D eigenvalue weighted by molar-refractivity contribution is -0.232. The second kappa shape index (κ2) is 14.2. The topological polar surface area (TPSA) is 403 Å². The molecule has 22 heteroatoms. The lowest BCUT2D eigenvalue weighted by Gasteiger charge is -2.41. The van der Waals surface area contributed by atoms with Gasteiger partial charge in [0.15, 0.2) is 34.2 Å². The largest absolute Gasteiger partial charge is 0.507 e. The smallest absolute Gasteiger partial charge is 0.204 e. The Bertz CT molecular complexity index is 2690. The van der Waals surface area contributed by atoms with Crippen LogP contribution in [-0.2, 0) is 9.47 Å². The van der Waals surface area contributed by atoms with E-state index in [1.807, 2.05) is 0 Å². The third-order valence-corrected chi connectivity index (χ3v) is 11.0. The summed E-state index contributed by atoms with van der Waals surface area (Å²) in [5.74, 6) is -8.60. The lowest BCUT2D eigenvalue weighted by Crippen LogP contribution is -2.55. The molecule has 318 valence electrons. The molecule has 10 atom stereocenters. The van der Waals surface area contributed by atoms with Crippen molar-refractivity contribution in [2.45, 2.75) is 61.0 Å². The van der Waals surface area contributed by atoms with Gasteiger partial charge in [-0.1, -0.05) is 0 Å². The fraction of sp³-hybridized carbons (Fsp3) is 0.316. The molecule has 2 saturated heterocycles. The first-order valence-corrected chi connectivity index (χ1v) is 17.8. The van der Waals surface area contributed by atoms with Crippen molar-refractivity contribution in [3.8, 4) is 57.1 Å². The van der Waals surface area contributed by atoms with Gasteiger partial charge in [0.25, 0.3) is 0 Å². The Morgan fingerprint density at radius 3 is 1.12 bits per heavy atom. The minimum Gasteiger partial charge on any atom is -0.507 e. The van der Waals surface area contributed by atoms with Gasteiger partial charge in [0.2, 0.25) is 10.9 Å². The SMILES string of the molecule is O=c1c2cc(O)c(O)cc2oc2c(-c3c(O)c([C@@H]4OC(CO)[C@@H](O)C(O)[C@@H]4O)c(O)c4c(=O)c5cc(O)c(O)cc5oc34)c(O)c(C3OC(CO)C(O)C(O)C3O)c(O)c12. The van der Waals surface area contributed by atoms with Crippen molar-refractivity contribution in [3.63, 3.8) is 0 Å². The highest BCUT2D eigenvalue weighted by Gasteiger charge is 2.49. The summed E-state index contributed by atoms with van der Waals surface area (Å²) < 4.78 is 23.1. The Labute approximate surface area is 330 Å². The van der Waals surface area contributed by atoms with Crippen LogP contribution in [0.25, 0.3) is 55.0 Å². The molecule has 0 spiro atoms. The molecule has 22 nitrogen and oxygen atoms in total. The number of hydrogen-bond acceptors (Lipinski definition) is 22. The van der Waals surface area contributed by atoms with Crippen LogP contribution in [0.1, 0.15) is 23.3 Å². The van der Waals surface area contributed by atoms with Gasteiger partial charge in [-0.15, -0.1) is 0 Å². The van der Waals surface area contributed by atoms with E-state index in [-0.39, 0.29) is 0 Å². The highest BCUT2D eigenvalue weighted by molar-refractivity contribution is 6.13. The number of fused-ring (bicyclic) bond motifs is 4. The number of aromatic hydroxyl groups is 8. The molecule has 0 amide bonds. The summed E-state index contributed by atoms with van der Waals surface area (Å²) in [5, 5.41) is 171. The summed E-state index contributed by atoms with van der Waals surface area (Å²) in [7, 11) is 0. The van der Waals surface area contributed by atoms with E-state index in [1.54, 1.807) is 0 Å². The van der Waals surface area contributed by atoms with Crippen LogP contribution in [0, 0.1) is 0 Å². The molecule has 0 bridgehead atoms. The quantitative estimate of drug-likeness (QED) is 0.0697. The van der Waals surface area contributed by atoms with Crippen molar-refractivity contribution >= 4 is 43.9 Å². The van der Waals surface area contributed by atoms with Crippen molar-refractivity contribution in [2.75, 3.05) is 13.2 Å². The number of benzene rings is 4. The maximum atomic E-state index is 14.3. The maximum absolute atomic E-state index is 14.3. The third-order valence-electron chi connectivity index (χ3n) is 11.0. The van der Waals surface area contributed by atoms with Crippen LogP contribution >= 0.6 is 0 Å². The van der Waals surface area contributed by atoms with E-state index in [9.17, 15) is 91.3 Å². The van der Waals surface area contributed by atoms with Crippen LogP contribution in [-0.4, -0.2) is 144 Å². The number of hydrogen-bond donors (Lipinski definition) is 16. The zero-order valence-corrected chi connectivity index (χ0v) is 30.1. The number of phenols is 8. The van der Waals surface area contributed by atoms with Crippen molar-refractivity contribution < 1.29 is 100 Å². The van der Waals surface area contributed by atoms with E-state index in [2.05, 4.69) is 0 Å². The molecule has 2 aliphatic heterocycles. The number of ether oxygens (including phenoxy) is 2. The minimum absolute atomic E-state index is 0.543. The lowest BCUT2D eigenvalue weighted by atomic mass is 9.84. The van der Waals surface area contributed by atoms with Gasteiger partial charge in [-0.3, -0.25) is 9.59 Å². The Kier molecular flexibility index (Phi) is 9.63. The van der Waals surface area contributed by atoms with Crippen LogP contribution in [0.15, 0.2) is 42.7 Å². The number of phenolic OH excluding ortho intramolecular Hbond substituents is 8. The second-order valence-corrected chi connectivity index (χ2v) is 14.4. The molecule has 60 heavy (non-hydrogen) atoms. The molecule has 0 saturated carbocycles. The van der Waals surface area contributed by atoms with Crippen molar-refractivity contribution in [2.24, 2.45) is 0 Å². The molecule has 8 rings (SSSR count). The van der Waals surface area contributed by atoms with Gasteiger partial charge in [0.1, 0.15) is 106 Å². The zero-order valence-electron chi connectivity index (χ0n) is 30.1. The molecule has 4 aromatic carbocycles. The Morgan fingerprint density at radius 1 is 0.450 bits per heavy atom. The fourth-order valence-corrected chi connectivity index (χ4v) is 7.88. The Hall–Kier alpha value is -6.18. The number of rotatable bonds is 5. The Balaban J connectivity index is 1.61. The summed E-state index contributed by atoms with van der Waals surface area (Å²) in [6.07, 6.45) is -20.6. The maximum Gasteiger partial charge on any atom is 0.204 e. The molecule has 2 aliphatic rings. The third kappa shape index (κ3) is 5.66. The summed E-state index contributed by atoms with van der Waals surface area (Å²) in [6, 6.07) is 2.94. The normalized spacial score (nSPS) is 27.3. The van der Waals surface area contributed by atoms with Gasteiger partial charge in [0, 0.05) is 12.1 Å². The first-order chi connectivity index (χ1) is 28.3. The summed E-state index contributed by atoms with van der Waals surface area (Å²) >= 11 is 0. The molecule has 7 unspecified atom stereocenters. The average molecular weight is 843 g/mol. The van der Waals surface area contributed by atoms with Crippen molar-refractivity contribution in [3.05, 3.63) is 55.8 Å². The van der Waals surface area contributed by atoms with E-state index in [0.29, 0.717) is 0 Å². The molecule has 0 aliphatic carbocycles. The van der Waals surface area contributed by atoms with Crippen LogP contribution in [0.4, 0.5) is 0 Å². The van der Waals surface area contributed by atoms with Crippen LogP contribution < -0.4 is 10.9 Å². The summed E-state index contributed by atoms with van der Waals surface area (Å²) in [5.41, 5.74) is -9.54. The monoisotopic (exact) mass is 842 g/mol. The van der Waals surface area contributed by atoms with Gasteiger partial charge in [-0.05, 0) is 12.1 Å². The van der Waals surface area contributed by atoms with Crippen molar-refractivity contribution in [1.82, 2.24) is 0 Å². The highest BCUT2D eigenvalue weighted by Crippen LogP contribution is 2.57. The minimum atomic E-state index is -2.29. The van der Waals surface area contributed by atoms with Gasteiger partial charge in [-0.25, -0.2) is 0 Å². The molecular weight excluding hydrogens is 808 g/mol. The van der Waals surface area contributed by atoms with E-state index >= 15 is 0 Å². The van der Waals surface area contributed by atoms with Crippen LogP contribution in [0.3, 0.4) is 0 Å². The first-order valence-electron chi connectivity index (χ1n) is 17.8. The first kappa shape index (κ1) is 40.6. The molecule has 2 aromatic heterocycles. The van der Waals surface area contributed by atoms with Crippen LogP contribution in [0.5, 0.6) is 46.0 Å². The predicted octanol–water partition coefficient (Wildman–Crippen LogP) is -1.45. The van der Waals surface area contributed by atoms with E-state index < -0.39 is 197 Å². The van der Waals surface area contributed by atoms with Gasteiger partial charge in [-0.2, -0.15) is 0 Å². The number of aliphatic hydroxyl groups is 8. The molecular formula is C38H34O22. The summed E-state index contributed by atoms with van der Waals surface area (Å²) in [4.78, 5) is 28.7. The molecule has 16 N–H and O–H groups in total. The molecule has 4 heterocycles. The summed E-state index contributed by atoms with van der Waals surface area (Å²) in [6.45, 7) is -2.04. The van der Waals surface area contributed by atoms with Gasteiger partial charge >= 0.3 is 0 Å². The molecule has 6 aromatic rings. The van der Waals surface area contributed by atoms with E-state index in [1.165, 1.54) is 0 Å². The second-order valence-electron chi connectivity index (χ2n) is 14.4. The van der Waals surface area contributed by atoms with Crippen LogP contribution in [0.2, 0.25) is 0 Å². The van der Waals surface area contributed by atoms with Gasteiger partial charge in [0.05, 0.1) is 46.2 Å². The van der Waals surface area contributed by atoms with Gasteiger partial charge < -0.3 is 100 Å². The zero-order chi connectivity index (χ0) is 43.5. The number of aliphatic hydroxyl groups excluding tert-OH is 8. The van der Waals surface area contributed by atoms with E-state index in [0.717, 1.165) is 24.3 Å². The van der Waals surface area contributed by atoms with Crippen molar-refractivity contribution in [1.29, 1.82) is 0 Å². The highest BCUT2D eigenvalue weighted by atomic mass is 16.6. The fourth-order valence-electron chi connectivity index (χ4n) is 7.88. The molecule has 0 radical (unpaired) electrons.